The van der Waals surface area contributed by atoms with E-state index in [2.05, 4.69) is 32.4 Å². The van der Waals surface area contributed by atoms with Gasteiger partial charge in [0.15, 0.2) is 5.96 Å². The number of rotatable bonds is 6. The molecule has 0 saturated carbocycles. The molecule has 1 atom stereocenters. The third-order valence-corrected chi connectivity index (χ3v) is 5.21. The second-order valence-corrected chi connectivity index (χ2v) is 7.69. The Hall–Kier alpha value is -2.91. The quantitative estimate of drug-likeness (QED) is 0.462. The van der Waals surface area contributed by atoms with Crippen LogP contribution in [0.2, 0.25) is 5.02 Å². The molecule has 1 N–H and O–H groups in total. The van der Waals surface area contributed by atoms with E-state index in [-0.39, 0.29) is 6.10 Å². The van der Waals surface area contributed by atoms with Crippen molar-refractivity contribution < 1.29 is 9.26 Å². The van der Waals surface area contributed by atoms with Gasteiger partial charge in [0.1, 0.15) is 6.10 Å². The van der Waals surface area contributed by atoms with E-state index >= 15 is 0 Å². The van der Waals surface area contributed by atoms with Crippen LogP contribution in [-0.2, 0) is 18.2 Å². The van der Waals surface area contributed by atoms with Crippen LogP contribution in [0.15, 0.2) is 46.2 Å². The minimum atomic E-state index is -0.0239. The summed E-state index contributed by atoms with van der Waals surface area (Å²) in [6, 6.07) is 7.35. The van der Waals surface area contributed by atoms with Gasteiger partial charge in [0.25, 0.3) is 0 Å². The standard InChI is InChI=1S/C21H26ClN7O2/c1-3-23-21(29-10-11-30-18(14-29)16-12-25-28(2)13-16)24-9-8-19-26-20(27-31-19)15-4-6-17(22)7-5-15/h4-7,12-13,18H,3,8-11,14H2,1-2H3,(H,23,24). The van der Waals surface area contributed by atoms with Crippen molar-refractivity contribution in [1.29, 1.82) is 0 Å². The first kappa shape index (κ1) is 21.3. The molecular formula is C21H26ClN7O2. The number of benzene rings is 1. The number of ether oxygens (including phenoxy) is 1. The van der Waals surface area contributed by atoms with Gasteiger partial charge in [-0.3, -0.25) is 9.67 Å². The molecule has 1 unspecified atom stereocenters. The highest BCUT2D eigenvalue weighted by Crippen LogP contribution is 2.22. The van der Waals surface area contributed by atoms with Crippen LogP contribution in [0.5, 0.6) is 0 Å². The maximum absolute atomic E-state index is 5.94. The Morgan fingerprint density at radius 1 is 1.32 bits per heavy atom. The number of aliphatic imine (C=N–C) groups is 1. The molecule has 0 amide bonds. The number of halogens is 1. The van der Waals surface area contributed by atoms with E-state index in [4.69, 9.17) is 25.9 Å². The normalized spacial score (nSPS) is 17.2. The molecule has 0 bridgehead atoms. The van der Waals surface area contributed by atoms with Crippen molar-refractivity contribution in [2.24, 2.45) is 12.0 Å². The topological polar surface area (TPSA) is 93.6 Å². The lowest BCUT2D eigenvalue weighted by molar-refractivity contribution is -0.00804. The van der Waals surface area contributed by atoms with Crippen LogP contribution < -0.4 is 5.32 Å². The van der Waals surface area contributed by atoms with Gasteiger partial charge in [0.05, 0.1) is 25.9 Å². The first-order chi connectivity index (χ1) is 15.1. The van der Waals surface area contributed by atoms with Gasteiger partial charge in [-0.1, -0.05) is 16.8 Å². The molecular weight excluding hydrogens is 418 g/mol. The van der Waals surface area contributed by atoms with Gasteiger partial charge >= 0.3 is 0 Å². The molecule has 4 rings (SSSR count). The van der Waals surface area contributed by atoms with Crippen molar-refractivity contribution in [3.05, 3.63) is 53.1 Å². The van der Waals surface area contributed by atoms with Gasteiger partial charge in [-0.25, -0.2) is 0 Å². The fourth-order valence-electron chi connectivity index (χ4n) is 3.41. The van der Waals surface area contributed by atoms with Crippen molar-refractivity contribution in [2.75, 3.05) is 32.8 Å². The second-order valence-electron chi connectivity index (χ2n) is 7.26. The zero-order chi connectivity index (χ0) is 21.6. The summed E-state index contributed by atoms with van der Waals surface area (Å²) in [6.45, 7) is 5.53. The maximum atomic E-state index is 5.94. The average Bonchev–Trinajstić information content (AvgIpc) is 3.43. The summed E-state index contributed by atoms with van der Waals surface area (Å²) >= 11 is 5.94. The van der Waals surface area contributed by atoms with Crippen LogP contribution in [0, 0.1) is 0 Å². The maximum Gasteiger partial charge on any atom is 0.228 e. The first-order valence-corrected chi connectivity index (χ1v) is 10.7. The minimum Gasteiger partial charge on any atom is -0.370 e. The van der Waals surface area contributed by atoms with Crippen molar-refractivity contribution in [3.63, 3.8) is 0 Å². The third kappa shape index (κ3) is 5.42. The van der Waals surface area contributed by atoms with E-state index in [1.807, 2.05) is 31.6 Å². The fraction of sp³-hybridized carbons (Fsp3) is 0.429. The summed E-state index contributed by atoms with van der Waals surface area (Å²) in [6.07, 6.45) is 4.38. The van der Waals surface area contributed by atoms with Crippen molar-refractivity contribution in [1.82, 2.24) is 30.1 Å². The summed E-state index contributed by atoms with van der Waals surface area (Å²) in [5.74, 6) is 1.96. The molecule has 164 valence electrons. The average molecular weight is 444 g/mol. The van der Waals surface area contributed by atoms with Crippen LogP contribution in [0.25, 0.3) is 11.4 Å². The lowest BCUT2D eigenvalue weighted by Gasteiger charge is -2.34. The molecule has 1 saturated heterocycles. The Labute approximate surface area is 186 Å². The molecule has 3 heterocycles. The summed E-state index contributed by atoms with van der Waals surface area (Å²) < 4.78 is 13.1. The number of aromatic nitrogens is 4. The van der Waals surface area contributed by atoms with Gasteiger partial charge in [0, 0.05) is 48.9 Å². The molecule has 1 aliphatic rings. The highest BCUT2D eigenvalue weighted by Gasteiger charge is 2.25. The highest BCUT2D eigenvalue weighted by molar-refractivity contribution is 6.30. The zero-order valence-electron chi connectivity index (χ0n) is 17.7. The van der Waals surface area contributed by atoms with Crippen LogP contribution in [0.1, 0.15) is 24.5 Å². The van der Waals surface area contributed by atoms with Crippen molar-refractivity contribution >= 4 is 17.6 Å². The molecule has 3 aromatic rings. The number of aryl methyl sites for hydroxylation is 1. The van der Waals surface area contributed by atoms with Crippen LogP contribution in [-0.4, -0.2) is 63.6 Å². The smallest absolute Gasteiger partial charge is 0.228 e. The molecule has 2 aromatic heterocycles. The van der Waals surface area contributed by atoms with E-state index in [1.54, 1.807) is 16.8 Å². The Morgan fingerprint density at radius 2 is 2.16 bits per heavy atom. The molecule has 31 heavy (non-hydrogen) atoms. The van der Waals surface area contributed by atoms with Crippen LogP contribution in [0.4, 0.5) is 0 Å². The number of guanidine groups is 1. The number of nitrogens with zero attached hydrogens (tertiary/aromatic N) is 6. The van der Waals surface area contributed by atoms with E-state index in [9.17, 15) is 0 Å². The number of hydrogen-bond donors (Lipinski definition) is 1. The molecule has 0 radical (unpaired) electrons. The summed E-state index contributed by atoms with van der Waals surface area (Å²) in [4.78, 5) is 11.5. The van der Waals surface area contributed by atoms with Gasteiger partial charge in [-0.2, -0.15) is 10.1 Å². The molecule has 10 heteroatoms. The van der Waals surface area contributed by atoms with Gasteiger partial charge in [-0.15, -0.1) is 0 Å². The lowest BCUT2D eigenvalue weighted by atomic mass is 10.1. The molecule has 0 spiro atoms. The summed E-state index contributed by atoms with van der Waals surface area (Å²) in [5, 5.41) is 12.4. The molecule has 9 nitrogen and oxygen atoms in total. The highest BCUT2D eigenvalue weighted by atomic mass is 35.5. The first-order valence-electron chi connectivity index (χ1n) is 10.3. The predicted octanol–water partition coefficient (Wildman–Crippen LogP) is 2.71. The Balaban J connectivity index is 1.38. The lowest BCUT2D eigenvalue weighted by Crippen LogP contribution is -2.48. The fourth-order valence-corrected chi connectivity index (χ4v) is 3.53. The van der Waals surface area contributed by atoms with E-state index in [1.165, 1.54) is 0 Å². The monoisotopic (exact) mass is 443 g/mol. The van der Waals surface area contributed by atoms with Crippen LogP contribution in [0.3, 0.4) is 0 Å². The number of morpholine rings is 1. The predicted molar refractivity (Wildman–Crippen MR) is 118 cm³/mol. The van der Waals surface area contributed by atoms with Crippen molar-refractivity contribution in [3.8, 4) is 11.4 Å². The molecule has 0 aliphatic carbocycles. The van der Waals surface area contributed by atoms with E-state index < -0.39 is 0 Å². The Bertz CT molecular complexity index is 1010. The number of hydrogen-bond acceptors (Lipinski definition) is 6. The van der Waals surface area contributed by atoms with Gasteiger partial charge in [-0.05, 0) is 31.2 Å². The largest absolute Gasteiger partial charge is 0.370 e. The van der Waals surface area contributed by atoms with Gasteiger partial charge in [0.2, 0.25) is 11.7 Å². The molecule has 1 aromatic carbocycles. The van der Waals surface area contributed by atoms with Crippen molar-refractivity contribution in [2.45, 2.75) is 19.4 Å². The SMILES string of the molecule is CCNC(=NCCc1nc(-c2ccc(Cl)cc2)no1)N1CCOC(c2cnn(C)c2)C1. The Kier molecular flexibility index (Phi) is 6.83. The molecule has 1 fully saturated rings. The zero-order valence-corrected chi connectivity index (χ0v) is 18.4. The Morgan fingerprint density at radius 3 is 2.90 bits per heavy atom. The van der Waals surface area contributed by atoms with E-state index in [0.717, 1.165) is 36.7 Å². The van der Waals surface area contributed by atoms with Crippen LogP contribution >= 0.6 is 11.6 Å². The third-order valence-electron chi connectivity index (χ3n) is 4.96. The number of nitrogens with one attached hydrogen (secondary N) is 1. The second kappa shape index (κ2) is 9.93. The summed E-state index contributed by atoms with van der Waals surface area (Å²) in [5.41, 5.74) is 1.94. The minimum absolute atomic E-state index is 0.0239. The molecule has 1 aliphatic heterocycles. The van der Waals surface area contributed by atoms with Gasteiger partial charge < -0.3 is 19.5 Å². The van der Waals surface area contributed by atoms with E-state index in [0.29, 0.717) is 36.3 Å². The summed E-state index contributed by atoms with van der Waals surface area (Å²) in [7, 11) is 1.91.